The molecule has 1 aromatic heterocycles. The topological polar surface area (TPSA) is 63.2 Å². The van der Waals surface area contributed by atoms with Crippen LogP contribution in [0.3, 0.4) is 0 Å². The van der Waals surface area contributed by atoms with Gasteiger partial charge in [-0.25, -0.2) is 0 Å². The Labute approximate surface area is 114 Å². The summed E-state index contributed by atoms with van der Waals surface area (Å²) in [5, 5.41) is 6.05. The predicted molar refractivity (Wildman–Crippen MR) is 75.0 cm³/mol. The Morgan fingerprint density at radius 2 is 2.00 bits per heavy atom. The summed E-state index contributed by atoms with van der Waals surface area (Å²) in [5.74, 6) is 0.479. The van der Waals surface area contributed by atoms with Gasteiger partial charge in [0.05, 0.1) is 11.9 Å². The number of pyridine rings is 1. The van der Waals surface area contributed by atoms with Crippen LogP contribution >= 0.6 is 0 Å². The number of amides is 1. The monoisotopic (exact) mass is 265 g/mol. The van der Waals surface area contributed by atoms with E-state index in [4.69, 9.17) is 4.74 Å². The minimum Gasteiger partial charge on any atom is -0.482 e. The first-order valence-corrected chi connectivity index (χ1v) is 6.58. The number of rotatable bonds is 7. The molecule has 0 aromatic carbocycles. The van der Waals surface area contributed by atoms with Crippen LogP contribution in [0.5, 0.6) is 5.75 Å². The summed E-state index contributed by atoms with van der Waals surface area (Å²) in [5.41, 5.74) is 0.952. The van der Waals surface area contributed by atoms with Crippen molar-refractivity contribution >= 4 is 5.91 Å². The maximum Gasteiger partial charge on any atom is 0.258 e. The Morgan fingerprint density at radius 3 is 2.53 bits per heavy atom. The Morgan fingerprint density at radius 1 is 1.26 bits per heavy atom. The van der Waals surface area contributed by atoms with E-state index in [2.05, 4.69) is 29.5 Å². The van der Waals surface area contributed by atoms with Gasteiger partial charge in [-0.15, -0.1) is 0 Å². The number of carbonyl (C=O) groups excluding carboxylic acids is 1. The van der Waals surface area contributed by atoms with E-state index >= 15 is 0 Å². The first-order valence-electron chi connectivity index (χ1n) is 6.58. The summed E-state index contributed by atoms with van der Waals surface area (Å²) in [7, 11) is 0. The summed E-state index contributed by atoms with van der Waals surface area (Å²) < 4.78 is 5.35. The Kier molecular flexibility index (Phi) is 6.29. The minimum atomic E-state index is -0.124. The SMILES string of the molecule is CC(C)NCc1ccc(OCC(=O)NC(C)C)cn1. The predicted octanol–water partition coefficient (Wildman–Crippen LogP) is 1.48. The molecule has 0 aliphatic heterocycles. The van der Waals surface area contributed by atoms with E-state index in [-0.39, 0.29) is 18.6 Å². The molecule has 19 heavy (non-hydrogen) atoms. The van der Waals surface area contributed by atoms with E-state index in [1.807, 2.05) is 26.0 Å². The molecule has 0 bridgehead atoms. The standard InChI is InChI=1S/C14H23N3O2/c1-10(2)15-7-12-5-6-13(8-16-12)19-9-14(18)17-11(3)4/h5-6,8,10-11,15H,7,9H2,1-4H3,(H,17,18). The van der Waals surface area contributed by atoms with Gasteiger partial charge in [0.1, 0.15) is 5.75 Å². The molecule has 5 nitrogen and oxygen atoms in total. The van der Waals surface area contributed by atoms with Crippen molar-refractivity contribution < 1.29 is 9.53 Å². The van der Waals surface area contributed by atoms with Crippen LogP contribution < -0.4 is 15.4 Å². The molecule has 0 saturated carbocycles. The lowest BCUT2D eigenvalue weighted by Crippen LogP contribution is -2.34. The number of aromatic nitrogens is 1. The quantitative estimate of drug-likeness (QED) is 0.784. The van der Waals surface area contributed by atoms with Crippen LogP contribution in [0.25, 0.3) is 0 Å². The zero-order valence-electron chi connectivity index (χ0n) is 12.1. The smallest absolute Gasteiger partial charge is 0.258 e. The number of carbonyl (C=O) groups is 1. The molecule has 0 fully saturated rings. The van der Waals surface area contributed by atoms with Gasteiger partial charge in [0.15, 0.2) is 6.61 Å². The largest absolute Gasteiger partial charge is 0.482 e. The van der Waals surface area contributed by atoms with Crippen LogP contribution in [-0.2, 0) is 11.3 Å². The zero-order chi connectivity index (χ0) is 14.3. The first kappa shape index (κ1) is 15.4. The van der Waals surface area contributed by atoms with E-state index in [1.165, 1.54) is 0 Å². The van der Waals surface area contributed by atoms with Gasteiger partial charge in [-0.3, -0.25) is 9.78 Å². The van der Waals surface area contributed by atoms with Crippen molar-refractivity contribution in [1.82, 2.24) is 15.6 Å². The van der Waals surface area contributed by atoms with E-state index in [0.717, 1.165) is 12.2 Å². The molecule has 1 heterocycles. The molecular formula is C14H23N3O2. The lowest BCUT2D eigenvalue weighted by atomic mass is 10.3. The molecule has 2 N–H and O–H groups in total. The molecule has 0 aliphatic carbocycles. The highest BCUT2D eigenvalue weighted by atomic mass is 16.5. The summed E-state index contributed by atoms with van der Waals surface area (Å²) in [6.45, 7) is 8.75. The molecule has 1 rings (SSSR count). The second kappa shape index (κ2) is 7.74. The van der Waals surface area contributed by atoms with Gasteiger partial charge in [0.2, 0.25) is 0 Å². The highest BCUT2D eigenvalue weighted by molar-refractivity contribution is 5.77. The van der Waals surface area contributed by atoms with E-state index in [0.29, 0.717) is 11.8 Å². The molecule has 0 spiro atoms. The van der Waals surface area contributed by atoms with E-state index in [1.54, 1.807) is 6.20 Å². The van der Waals surface area contributed by atoms with Gasteiger partial charge in [0, 0.05) is 18.6 Å². The second-order valence-electron chi connectivity index (χ2n) is 5.03. The van der Waals surface area contributed by atoms with Crippen LogP contribution in [-0.4, -0.2) is 29.6 Å². The zero-order valence-corrected chi connectivity index (χ0v) is 12.1. The molecule has 0 aliphatic rings. The van der Waals surface area contributed by atoms with Gasteiger partial charge in [-0.05, 0) is 26.0 Å². The molecule has 1 amide bonds. The molecule has 0 radical (unpaired) electrons. The Bertz CT molecular complexity index is 388. The van der Waals surface area contributed by atoms with Gasteiger partial charge in [-0.2, -0.15) is 0 Å². The second-order valence-corrected chi connectivity index (χ2v) is 5.03. The summed E-state index contributed by atoms with van der Waals surface area (Å²) in [4.78, 5) is 15.7. The third-order valence-electron chi connectivity index (χ3n) is 2.31. The Hall–Kier alpha value is -1.62. The molecule has 0 saturated heterocycles. The van der Waals surface area contributed by atoms with Crippen LogP contribution in [0.4, 0.5) is 0 Å². The minimum absolute atomic E-state index is 0.0173. The van der Waals surface area contributed by atoms with Crippen LogP contribution in [0, 0.1) is 0 Å². The Balaban J connectivity index is 2.37. The van der Waals surface area contributed by atoms with Crippen molar-refractivity contribution in [2.45, 2.75) is 46.3 Å². The average molecular weight is 265 g/mol. The summed E-state index contributed by atoms with van der Waals surface area (Å²) in [6, 6.07) is 4.27. The average Bonchev–Trinajstić information content (AvgIpc) is 2.34. The van der Waals surface area contributed by atoms with Gasteiger partial charge in [0.25, 0.3) is 5.91 Å². The molecule has 0 unspecified atom stereocenters. The normalized spacial score (nSPS) is 10.8. The van der Waals surface area contributed by atoms with Crippen molar-refractivity contribution in [2.75, 3.05) is 6.61 Å². The molecule has 1 aromatic rings. The van der Waals surface area contributed by atoms with Crippen LogP contribution in [0.1, 0.15) is 33.4 Å². The first-order chi connectivity index (χ1) is 8.97. The van der Waals surface area contributed by atoms with Crippen LogP contribution in [0.2, 0.25) is 0 Å². The van der Waals surface area contributed by atoms with Crippen molar-refractivity contribution in [3.8, 4) is 5.75 Å². The number of nitrogens with zero attached hydrogens (tertiary/aromatic N) is 1. The summed E-state index contributed by atoms with van der Waals surface area (Å²) >= 11 is 0. The highest BCUT2D eigenvalue weighted by Crippen LogP contribution is 2.09. The third-order valence-corrected chi connectivity index (χ3v) is 2.31. The molecular weight excluding hydrogens is 242 g/mol. The molecule has 5 heteroatoms. The lowest BCUT2D eigenvalue weighted by molar-refractivity contribution is -0.123. The number of hydrogen-bond donors (Lipinski definition) is 2. The maximum absolute atomic E-state index is 11.4. The van der Waals surface area contributed by atoms with Crippen LogP contribution in [0.15, 0.2) is 18.3 Å². The van der Waals surface area contributed by atoms with Crippen molar-refractivity contribution in [1.29, 1.82) is 0 Å². The number of hydrogen-bond acceptors (Lipinski definition) is 4. The van der Waals surface area contributed by atoms with Crippen molar-refractivity contribution in [2.24, 2.45) is 0 Å². The molecule has 106 valence electrons. The van der Waals surface area contributed by atoms with Gasteiger partial charge >= 0.3 is 0 Å². The van der Waals surface area contributed by atoms with Gasteiger partial charge in [-0.1, -0.05) is 13.8 Å². The van der Waals surface area contributed by atoms with E-state index < -0.39 is 0 Å². The number of nitrogens with one attached hydrogen (secondary N) is 2. The summed E-state index contributed by atoms with van der Waals surface area (Å²) in [6.07, 6.45) is 1.64. The fraction of sp³-hybridized carbons (Fsp3) is 0.571. The number of ether oxygens (including phenoxy) is 1. The van der Waals surface area contributed by atoms with Gasteiger partial charge < -0.3 is 15.4 Å². The van der Waals surface area contributed by atoms with Crippen molar-refractivity contribution in [3.63, 3.8) is 0 Å². The van der Waals surface area contributed by atoms with E-state index in [9.17, 15) is 4.79 Å². The third kappa shape index (κ3) is 6.76. The molecule has 0 atom stereocenters. The fourth-order valence-corrected chi connectivity index (χ4v) is 1.42. The highest BCUT2D eigenvalue weighted by Gasteiger charge is 2.04. The lowest BCUT2D eigenvalue weighted by Gasteiger charge is -2.10. The fourth-order valence-electron chi connectivity index (χ4n) is 1.42. The van der Waals surface area contributed by atoms with Crippen molar-refractivity contribution in [3.05, 3.63) is 24.0 Å². The maximum atomic E-state index is 11.4.